The monoisotopic (exact) mass is 469 g/mol. The Labute approximate surface area is 201 Å². The van der Waals surface area contributed by atoms with Crippen molar-refractivity contribution >= 4 is 11.0 Å². The number of rotatable bonds is 7. The summed E-state index contributed by atoms with van der Waals surface area (Å²) in [6, 6.07) is 11.8. The third kappa shape index (κ3) is 4.18. The van der Waals surface area contributed by atoms with Crippen LogP contribution in [0.25, 0.3) is 33.5 Å². The van der Waals surface area contributed by atoms with E-state index in [-0.39, 0.29) is 6.10 Å². The molecular weight excluding hydrogens is 446 g/mol. The number of hydrogen-bond donors (Lipinski definition) is 0. The Bertz CT molecular complexity index is 1510. The highest BCUT2D eigenvalue weighted by atomic mass is 16.5. The zero-order valence-electron chi connectivity index (χ0n) is 19.5. The first-order valence-electron chi connectivity index (χ1n) is 11.4. The lowest BCUT2D eigenvalue weighted by atomic mass is 10.0. The molecule has 0 N–H and O–H groups in total. The Hall–Kier alpha value is -4.34. The second-order valence-electron chi connectivity index (χ2n) is 8.55. The molecule has 0 saturated heterocycles. The van der Waals surface area contributed by atoms with Crippen LogP contribution in [0.1, 0.15) is 37.7 Å². The largest absolute Gasteiger partial charge is 0.485 e. The smallest absolute Gasteiger partial charge is 0.258 e. The van der Waals surface area contributed by atoms with Gasteiger partial charge in [0.1, 0.15) is 23.2 Å². The molecule has 5 aromatic rings. The molecule has 1 fully saturated rings. The molecular formula is C25H23N7O3. The van der Waals surface area contributed by atoms with E-state index in [1.54, 1.807) is 11.6 Å². The van der Waals surface area contributed by atoms with Crippen LogP contribution in [-0.2, 0) is 7.05 Å². The summed E-state index contributed by atoms with van der Waals surface area (Å²) >= 11 is 0. The van der Waals surface area contributed by atoms with Gasteiger partial charge in [-0.05, 0) is 19.8 Å². The summed E-state index contributed by atoms with van der Waals surface area (Å²) in [5.74, 6) is 1.69. The molecule has 1 aliphatic rings. The maximum Gasteiger partial charge on any atom is 0.258 e. The molecule has 1 atom stereocenters. The summed E-state index contributed by atoms with van der Waals surface area (Å²) in [4.78, 5) is 13.9. The van der Waals surface area contributed by atoms with E-state index < -0.39 is 6.10 Å². The van der Waals surface area contributed by atoms with Crippen LogP contribution in [0.4, 0.5) is 0 Å². The third-order valence-corrected chi connectivity index (χ3v) is 5.67. The lowest BCUT2D eigenvalue weighted by Crippen LogP contribution is -2.08. The zero-order chi connectivity index (χ0) is 23.9. The minimum atomic E-state index is -0.519. The van der Waals surface area contributed by atoms with Gasteiger partial charge in [0.15, 0.2) is 11.9 Å². The molecule has 176 valence electrons. The van der Waals surface area contributed by atoms with Gasteiger partial charge in [0.2, 0.25) is 5.89 Å². The number of ether oxygens (including phenoxy) is 2. The van der Waals surface area contributed by atoms with E-state index >= 15 is 0 Å². The predicted octanol–water partition coefficient (Wildman–Crippen LogP) is 4.46. The number of benzene rings is 1. The average molecular weight is 470 g/mol. The summed E-state index contributed by atoms with van der Waals surface area (Å²) in [6.07, 6.45) is 5.11. The molecule has 0 radical (unpaired) electrons. The lowest BCUT2D eigenvalue weighted by Gasteiger charge is -2.16. The predicted molar refractivity (Wildman–Crippen MR) is 127 cm³/mol. The fourth-order valence-corrected chi connectivity index (χ4v) is 3.85. The van der Waals surface area contributed by atoms with Gasteiger partial charge >= 0.3 is 0 Å². The summed E-state index contributed by atoms with van der Waals surface area (Å²) in [7, 11) is 1.89. The first-order chi connectivity index (χ1) is 17.0. The third-order valence-electron chi connectivity index (χ3n) is 5.67. The highest BCUT2D eigenvalue weighted by Gasteiger charge is 2.28. The van der Waals surface area contributed by atoms with Crippen molar-refractivity contribution in [3.63, 3.8) is 0 Å². The van der Waals surface area contributed by atoms with E-state index in [0.29, 0.717) is 40.1 Å². The molecule has 10 nitrogen and oxygen atoms in total. The highest BCUT2D eigenvalue weighted by molar-refractivity contribution is 5.94. The second kappa shape index (κ2) is 8.46. The van der Waals surface area contributed by atoms with Crippen LogP contribution in [0.3, 0.4) is 0 Å². The van der Waals surface area contributed by atoms with Crippen LogP contribution in [0.5, 0.6) is 11.6 Å². The molecule has 0 amide bonds. The maximum absolute atomic E-state index is 6.18. The van der Waals surface area contributed by atoms with Gasteiger partial charge in [-0.2, -0.15) is 5.10 Å². The van der Waals surface area contributed by atoms with Crippen LogP contribution in [0.15, 0.2) is 53.3 Å². The molecule has 1 saturated carbocycles. The lowest BCUT2D eigenvalue weighted by molar-refractivity contribution is 0.167. The van der Waals surface area contributed by atoms with Gasteiger partial charge in [-0.15, -0.1) is 10.2 Å². The SMILES string of the molecule is Cc1nnc([C@@H](C)Oc2nc3c(-c4cn(C)nc4-c4ccccc4)ncnc3cc2OC2CC2)o1. The van der Waals surface area contributed by atoms with Gasteiger partial charge in [-0.25, -0.2) is 15.0 Å². The summed E-state index contributed by atoms with van der Waals surface area (Å²) in [5.41, 5.74) is 4.55. The van der Waals surface area contributed by atoms with E-state index in [9.17, 15) is 0 Å². The Balaban J connectivity index is 1.48. The Morgan fingerprint density at radius 1 is 1.09 bits per heavy atom. The number of fused-ring (bicyclic) bond motifs is 1. The molecule has 35 heavy (non-hydrogen) atoms. The van der Waals surface area contributed by atoms with E-state index in [4.69, 9.17) is 18.9 Å². The van der Waals surface area contributed by atoms with Crippen molar-refractivity contribution in [1.82, 2.24) is 34.9 Å². The maximum atomic E-state index is 6.18. The summed E-state index contributed by atoms with van der Waals surface area (Å²) < 4.78 is 19.6. The van der Waals surface area contributed by atoms with Gasteiger partial charge in [-0.3, -0.25) is 4.68 Å². The van der Waals surface area contributed by atoms with E-state index in [0.717, 1.165) is 29.7 Å². The van der Waals surface area contributed by atoms with Gasteiger partial charge in [-0.1, -0.05) is 30.3 Å². The van der Waals surface area contributed by atoms with Crippen molar-refractivity contribution in [2.45, 2.75) is 38.9 Å². The number of nitrogens with zero attached hydrogens (tertiary/aromatic N) is 7. The van der Waals surface area contributed by atoms with Crippen molar-refractivity contribution in [2.75, 3.05) is 0 Å². The molecule has 1 aromatic carbocycles. The molecule has 4 aromatic heterocycles. The van der Waals surface area contributed by atoms with Gasteiger partial charge < -0.3 is 13.9 Å². The van der Waals surface area contributed by atoms with Gasteiger partial charge in [0.25, 0.3) is 11.8 Å². The molecule has 0 spiro atoms. The number of aromatic nitrogens is 7. The van der Waals surface area contributed by atoms with Crippen LogP contribution < -0.4 is 9.47 Å². The van der Waals surface area contributed by atoms with E-state index in [2.05, 4.69) is 25.3 Å². The Morgan fingerprint density at radius 2 is 1.91 bits per heavy atom. The van der Waals surface area contributed by atoms with E-state index in [1.165, 1.54) is 6.33 Å². The van der Waals surface area contributed by atoms with Gasteiger partial charge in [0.05, 0.1) is 11.6 Å². The fourth-order valence-electron chi connectivity index (χ4n) is 3.85. The molecule has 1 aliphatic carbocycles. The molecule has 4 heterocycles. The minimum absolute atomic E-state index is 0.155. The van der Waals surface area contributed by atoms with Crippen LogP contribution in [0, 0.1) is 6.92 Å². The Kier molecular flexibility index (Phi) is 5.13. The first-order valence-corrected chi connectivity index (χ1v) is 11.4. The van der Waals surface area contributed by atoms with Crippen molar-refractivity contribution in [1.29, 1.82) is 0 Å². The van der Waals surface area contributed by atoms with Crippen LogP contribution in [0.2, 0.25) is 0 Å². The molecule has 10 heteroatoms. The average Bonchev–Trinajstić information content (AvgIpc) is 3.43. The molecule has 0 unspecified atom stereocenters. The fraction of sp³-hybridized carbons (Fsp3) is 0.280. The first kappa shape index (κ1) is 21.2. The quantitative estimate of drug-likeness (QED) is 0.341. The number of hydrogen-bond acceptors (Lipinski definition) is 9. The second-order valence-corrected chi connectivity index (χ2v) is 8.55. The Morgan fingerprint density at radius 3 is 2.66 bits per heavy atom. The zero-order valence-corrected chi connectivity index (χ0v) is 19.5. The van der Waals surface area contributed by atoms with E-state index in [1.807, 2.05) is 56.6 Å². The molecule has 0 aliphatic heterocycles. The minimum Gasteiger partial charge on any atom is -0.485 e. The molecule has 0 bridgehead atoms. The van der Waals surface area contributed by atoms with Crippen molar-refractivity contribution in [3.8, 4) is 34.1 Å². The number of aryl methyl sites for hydroxylation is 2. The standard InChI is InChI=1S/C25H23N7O3/c1-14(24-30-29-15(2)34-24)33-25-20(35-17-9-10-17)11-19-23(28-25)22(27-13-26-19)18-12-32(3)31-21(18)16-7-5-4-6-8-16/h4-8,11-14,17H,9-10H2,1-3H3/t14-/m1/s1. The van der Waals surface area contributed by atoms with Crippen molar-refractivity contribution in [3.05, 3.63) is 60.7 Å². The van der Waals surface area contributed by atoms with Crippen molar-refractivity contribution in [2.24, 2.45) is 7.05 Å². The topological polar surface area (TPSA) is 114 Å². The highest BCUT2D eigenvalue weighted by Crippen LogP contribution is 2.39. The van der Waals surface area contributed by atoms with Crippen molar-refractivity contribution < 1.29 is 13.9 Å². The van der Waals surface area contributed by atoms with Crippen LogP contribution >= 0.6 is 0 Å². The summed E-state index contributed by atoms with van der Waals surface area (Å²) in [6.45, 7) is 3.57. The summed E-state index contributed by atoms with van der Waals surface area (Å²) in [5, 5.41) is 12.7. The normalized spacial score (nSPS) is 14.3. The van der Waals surface area contributed by atoms with Gasteiger partial charge in [0, 0.05) is 37.4 Å². The number of pyridine rings is 1. The van der Waals surface area contributed by atoms with Crippen LogP contribution in [-0.4, -0.2) is 41.0 Å². The molecule has 6 rings (SSSR count).